The van der Waals surface area contributed by atoms with Gasteiger partial charge in [0.15, 0.2) is 0 Å². The summed E-state index contributed by atoms with van der Waals surface area (Å²) in [5.74, 6) is 0.530. The zero-order valence-corrected chi connectivity index (χ0v) is 12.2. The monoisotopic (exact) mass is 304 g/mol. The Hall–Kier alpha value is -2.31. The number of nitrogens with one attached hydrogen (secondary N) is 3. The molecule has 1 saturated heterocycles. The Labute approximate surface area is 128 Å². The fourth-order valence-electron chi connectivity index (χ4n) is 2.83. The van der Waals surface area contributed by atoms with Gasteiger partial charge in [0, 0.05) is 24.8 Å². The average Bonchev–Trinajstić information content (AvgIpc) is 2.97. The molecule has 7 nitrogen and oxygen atoms in total. The fourth-order valence-corrected chi connectivity index (χ4v) is 2.83. The molecule has 3 rings (SSSR count). The highest BCUT2D eigenvalue weighted by atomic mass is 16.5. The molecule has 3 amide bonds. The van der Waals surface area contributed by atoms with Crippen LogP contribution >= 0.6 is 0 Å². The highest BCUT2D eigenvalue weighted by molar-refractivity contribution is 5.90. The summed E-state index contributed by atoms with van der Waals surface area (Å²) < 4.78 is 5.83. The SMILES string of the molecule is O=C1NCC(C(=O)NC2CCC(Oc3ccccn3)CC2)N1. The van der Waals surface area contributed by atoms with Gasteiger partial charge >= 0.3 is 6.03 Å². The maximum atomic E-state index is 12.0. The van der Waals surface area contributed by atoms with Crippen LogP contribution in [0.4, 0.5) is 4.79 Å². The van der Waals surface area contributed by atoms with Gasteiger partial charge in [0.2, 0.25) is 11.8 Å². The van der Waals surface area contributed by atoms with E-state index in [0.717, 1.165) is 25.7 Å². The number of ether oxygens (including phenoxy) is 1. The van der Waals surface area contributed by atoms with Gasteiger partial charge in [-0.2, -0.15) is 0 Å². The van der Waals surface area contributed by atoms with Gasteiger partial charge in [-0.15, -0.1) is 0 Å². The quantitative estimate of drug-likeness (QED) is 0.758. The third kappa shape index (κ3) is 3.66. The van der Waals surface area contributed by atoms with Crippen LogP contribution in [0.25, 0.3) is 0 Å². The molecule has 2 aliphatic rings. The van der Waals surface area contributed by atoms with Gasteiger partial charge in [0.05, 0.1) is 0 Å². The van der Waals surface area contributed by atoms with Crippen molar-refractivity contribution in [3.05, 3.63) is 24.4 Å². The topological polar surface area (TPSA) is 92.4 Å². The van der Waals surface area contributed by atoms with Crippen LogP contribution in [0.1, 0.15) is 25.7 Å². The first-order valence-corrected chi connectivity index (χ1v) is 7.63. The normalized spacial score (nSPS) is 27.6. The van der Waals surface area contributed by atoms with Crippen LogP contribution in [0.3, 0.4) is 0 Å². The van der Waals surface area contributed by atoms with Crippen molar-refractivity contribution >= 4 is 11.9 Å². The van der Waals surface area contributed by atoms with Crippen LogP contribution in [0.5, 0.6) is 5.88 Å². The van der Waals surface area contributed by atoms with Crippen molar-refractivity contribution in [2.75, 3.05) is 6.54 Å². The van der Waals surface area contributed by atoms with Gasteiger partial charge in [0.1, 0.15) is 12.1 Å². The van der Waals surface area contributed by atoms with Crippen molar-refractivity contribution in [2.24, 2.45) is 0 Å². The molecule has 7 heteroatoms. The first-order chi connectivity index (χ1) is 10.7. The summed E-state index contributed by atoms with van der Waals surface area (Å²) in [5.41, 5.74) is 0. The third-order valence-electron chi connectivity index (χ3n) is 4.03. The lowest BCUT2D eigenvalue weighted by Gasteiger charge is -2.29. The number of carbonyl (C=O) groups is 2. The lowest BCUT2D eigenvalue weighted by atomic mass is 9.92. The number of hydrogen-bond donors (Lipinski definition) is 3. The number of nitrogens with zero attached hydrogens (tertiary/aromatic N) is 1. The standard InChI is InChI=1S/C15H20N4O3/c20-14(12-9-17-15(21)19-12)18-10-4-6-11(7-5-10)22-13-3-1-2-8-16-13/h1-3,8,10-12H,4-7,9H2,(H,18,20)(H2,17,19,21). The smallest absolute Gasteiger partial charge is 0.315 e. The molecule has 0 radical (unpaired) electrons. The molecule has 1 aromatic rings. The summed E-state index contributed by atoms with van der Waals surface area (Å²) in [4.78, 5) is 27.2. The first kappa shape index (κ1) is 14.6. The molecule has 1 aromatic heterocycles. The summed E-state index contributed by atoms with van der Waals surface area (Å²) in [6, 6.07) is 5.01. The minimum absolute atomic E-state index is 0.118. The van der Waals surface area contributed by atoms with Crippen LogP contribution in [-0.2, 0) is 4.79 Å². The number of amides is 3. The summed E-state index contributed by atoms with van der Waals surface area (Å²) in [7, 11) is 0. The number of rotatable bonds is 4. The van der Waals surface area contributed by atoms with Crippen molar-refractivity contribution in [1.29, 1.82) is 0 Å². The molecule has 0 bridgehead atoms. The van der Waals surface area contributed by atoms with Crippen LogP contribution in [0.2, 0.25) is 0 Å². The van der Waals surface area contributed by atoms with Crippen molar-refractivity contribution in [1.82, 2.24) is 20.9 Å². The lowest BCUT2D eigenvalue weighted by molar-refractivity contribution is -0.123. The van der Waals surface area contributed by atoms with Gasteiger partial charge in [0.25, 0.3) is 0 Å². The zero-order chi connectivity index (χ0) is 15.4. The predicted octanol–water partition coefficient (Wildman–Crippen LogP) is 0.569. The number of hydrogen-bond acceptors (Lipinski definition) is 4. The summed E-state index contributed by atoms with van der Waals surface area (Å²) >= 11 is 0. The van der Waals surface area contributed by atoms with E-state index in [-0.39, 0.29) is 24.1 Å². The molecule has 1 unspecified atom stereocenters. The van der Waals surface area contributed by atoms with Crippen LogP contribution in [-0.4, -0.2) is 41.7 Å². The molecule has 3 N–H and O–H groups in total. The molecular formula is C15H20N4O3. The first-order valence-electron chi connectivity index (χ1n) is 7.63. The third-order valence-corrected chi connectivity index (χ3v) is 4.03. The van der Waals surface area contributed by atoms with E-state index in [1.807, 2.05) is 18.2 Å². The second-order valence-electron chi connectivity index (χ2n) is 5.67. The van der Waals surface area contributed by atoms with Gasteiger partial charge < -0.3 is 20.7 Å². The number of urea groups is 1. The van der Waals surface area contributed by atoms with Crippen LogP contribution in [0.15, 0.2) is 24.4 Å². The van der Waals surface area contributed by atoms with E-state index in [2.05, 4.69) is 20.9 Å². The van der Waals surface area contributed by atoms with Crippen LogP contribution < -0.4 is 20.7 Å². The van der Waals surface area contributed by atoms with Gasteiger partial charge in [-0.1, -0.05) is 6.07 Å². The Bertz CT molecular complexity index is 529. The van der Waals surface area contributed by atoms with E-state index in [1.165, 1.54) is 0 Å². The number of pyridine rings is 1. The lowest BCUT2D eigenvalue weighted by Crippen LogP contribution is -2.48. The molecule has 2 fully saturated rings. The molecule has 2 heterocycles. The maximum Gasteiger partial charge on any atom is 0.315 e. The Kier molecular flexibility index (Phi) is 4.41. The van der Waals surface area contributed by atoms with E-state index in [4.69, 9.17) is 4.74 Å². The van der Waals surface area contributed by atoms with Crippen molar-refractivity contribution < 1.29 is 14.3 Å². The van der Waals surface area contributed by atoms with E-state index in [0.29, 0.717) is 12.4 Å². The largest absolute Gasteiger partial charge is 0.474 e. The van der Waals surface area contributed by atoms with E-state index in [9.17, 15) is 9.59 Å². The zero-order valence-electron chi connectivity index (χ0n) is 12.2. The fraction of sp³-hybridized carbons (Fsp3) is 0.533. The van der Waals surface area contributed by atoms with Crippen molar-refractivity contribution in [3.63, 3.8) is 0 Å². The second kappa shape index (κ2) is 6.64. The molecule has 0 aromatic carbocycles. The molecule has 118 valence electrons. The maximum absolute atomic E-state index is 12.0. The van der Waals surface area contributed by atoms with E-state index < -0.39 is 6.04 Å². The minimum Gasteiger partial charge on any atom is -0.474 e. The Morgan fingerprint density at radius 3 is 2.73 bits per heavy atom. The molecule has 1 atom stereocenters. The molecule has 1 aliphatic carbocycles. The number of aromatic nitrogens is 1. The molecule has 1 aliphatic heterocycles. The molecule has 1 saturated carbocycles. The predicted molar refractivity (Wildman–Crippen MR) is 79.4 cm³/mol. The van der Waals surface area contributed by atoms with Gasteiger partial charge in [-0.05, 0) is 31.7 Å². The Balaban J connectivity index is 1.42. The molecule has 0 spiro atoms. The summed E-state index contributed by atoms with van der Waals surface area (Å²) in [5, 5.41) is 8.17. The second-order valence-corrected chi connectivity index (χ2v) is 5.67. The summed E-state index contributed by atoms with van der Waals surface area (Å²) in [6.45, 7) is 0.350. The van der Waals surface area contributed by atoms with Gasteiger partial charge in [-0.25, -0.2) is 9.78 Å². The van der Waals surface area contributed by atoms with Crippen molar-refractivity contribution in [2.45, 2.75) is 43.9 Å². The highest BCUT2D eigenvalue weighted by Crippen LogP contribution is 2.22. The van der Waals surface area contributed by atoms with Gasteiger partial charge in [-0.3, -0.25) is 4.79 Å². The molecule has 22 heavy (non-hydrogen) atoms. The van der Waals surface area contributed by atoms with E-state index >= 15 is 0 Å². The Morgan fingerprint density at radius 1 is 1.27 bits per heavy atom. The highest BCUT2D eigenvalue weighted by Gasteiger charge is 2.30. The van der Waals surface area contributed by atoms with Crippen molar-refractivity contribution in [3.8, 4) is 5.88 Å². The molecular weight excluding hydrogens is 284 g/mol. The Morgan fingerprint density at radius 2 is 2.09 bits per heavy atom. The minimum atomic E-state index is -0.463. The average molecular weight is 304 g/mol. The van der Waals surface area contributed by atoms with E-state index in [1.54, 1.807) is 6.20 Å². The van der Waals surface area contributed by atoms with Crippen LogP contribution in [0, 0.1) is 0 Å². The summed E-state index contributed by atoms with van der Waals surface area (Å²) in [6.07, 6.45) is 5.38. The number of carbonyl (C=O) groups excluding carboxylic acids is 2.